The predicted molar refractivity (Wildman–Crippen MR) is 52.3 cm³/mol. The Morgan fingerprint density at radius 1 is 1.24 bits per heavy atom. The first-order chi connectivity index (χ1) is 8.07. The largest absolute Gasteiger partial charge is 0.484 e. The summed E-state index contributed by atoms with van der Waals surface area (Å²) in [6.07, 6.45) is -1.87. The van der Waals surface area contributed by atoms with Crippen LogP contribution in [0.1, 0.15) is 11.1 Å². The van der Waals surface area contributed by atoms with Crippen molar-refractivity contribution < 1.29 is 22.4 Å². The lowest BCUT2D eigenvalue weighted by atomic mass is 10.1. The van der Waals surface area contributed by atoms with Crippen LogP contribution in [0.25, 0.3) is 0 Å². The molecule has 17 heavy (non-hydrogen) atoms. The number of rotatable bonds is 3. The molecule has 0 fully saturated rings. The maximum atomic E-state index is 12.6. The fourth-order valence-electron chi connectivity index (χ4n) is 1.35. The molecule has 0 bridgehead atoms. The van der Waals surface area contributed by atoms with Crippen LogP contribution in [-0.2, 0) is 12.8 Å². The third-order valence-corrected chi connectivity index (χ3v) is 2.13. The fourth-order valence-corrected chi connectivity index (χ4v) is 1.35. The summed E-state index contributed by atoms with van der Waals surface area (Å²) in [5.74, 6) is 0.293. The Morgan fingerprint density at radius 2 is 2.00 bits per heavy atom. The highest BCUT2D eigenvalue weighted by atomic mass is 19.4. The van der Waals surface area contributed by atoms with E-state index in [1.165, 1.54) is 30.7 Å². The minimum atomic E-state index is -4.38. The molecule has 0 aliphatic rings. The topological polar surface area (TPSA) is 35.3 Å². The molecular formula is C11H8F3NO2. The SMILES string of the molecule is FC(F)(F)c1ccccc1COc1cnoc1. The summed E-state index contributed by atoms with van der Waals surface area (Å²) < 4.78 is 47.5. The van der Waals surface area contributed by atoms with Gasteiger partial charge in [-0.1, -0.05) is 23.4 Å². The molecule has 0 aliphatic carbocycles. The van der Waals surface area contributed by atoms with Gasteiger partial charge in [0.15, 0.2) is 12.0 Å². The number of halogens is 3. The van der Waals surface area contributed by atoms with Crippen LogP contribution >= 0.6 is 0 Å². The quantitative estimate of drug-likeness (QED) is 0.829. The van der Waals surface area contributed by atoms with Crippen molar-refractivity contribution in [3.63, 3.8) is 0 Å². The Morgan fingerprint density at radius 3 is 2.65 bits per heavy atom. The smallest absolute Gasteiger partial charge is 0.416 e. The van der Waals surface area contributed by atoms with Crippen LogP contribution in [0.5, 0.6) is 5.75 Å². The molecule has 0 unspecified atom stereocenters. The van der Waals surface area contributed by atoms with E-state index in [-0.39, 0.29) is 12.2 Å². The minimum Gasteiger partial charge on any atom is -0.484 e. The normalized spacial score (nSPS) is 11.5. The standard InChI is InChI=1S/C11H8F3NO2/c12-11(13,14)10-4-2-1-3-8(10)6-16-9-5-15-17-7-9/h1-5,7H,6H2. The molecule has 0 aliphatic heterocycles. The lowest BCUT2D eigenvalue weighted by Gasteiger charge is -2.12. The van der Waals surface area contributed by atoms with Gasteiger partial charge < -0.3 is 9.26 Å². The van der Waals surface area contributed by atoms with Gasteiger partial charge in [0, 0.05) is 5.56 Å². The van der Waals surface area contributed by atoms with Crippen molar-refractivity contribution in [1.29, 1.82) is 0 Å². The molecule has 0 amide bonds. The van der Waals surface area contributed by atoms with Crippen LogP contribution in [0.2, 0.25) is 0 Å². The van der Waals surface area contributed by atoms with Crippen molar-refractivity contribution >= 4 is 0 Å². The number of hydrogen-bond donors (Lipinski definition) is 0. The molecule has 2 rings (SSSR count). The van der Waals surface area contributed by atoms with E-state index < -0.39 is 11.7 Å². The second-order valence-corrected chi connectivity index (χ2v) is 3.30. The maximum absolute atomic E-state index is 12.6. The number of nitrogens with zero attached hydrogens (tertiary/aromatic N) is 1. The Bertz CT molecular complexity index is 480. The molecule has 0 saturated heterocycles. The van der Waals surface area contributed by atoms with Gasteiger partial charge in [-0.25, -0.2) is 0 Å². The Hall–Kier alpha value is -1.98. The third-order valence-electron chi connectivity index (χ3n) is 2.13. The Labute approximate surface area is 94.8 Å². The summed E-state index contributed by atoms with van der Waals surface area (Å²) in [7, 11) is 0. The van der Waals surface area contributed by atoms with E-state index in [9.17, 15) is 13.2 Å². The highest BCUT2D eigenvalue weighted by Crippen LogP contribution is 2.32. The zero-order chi connectivity index (χ0) is 12.3. The van der Waals surface area contributed by atoms with E-state index >= 15 is 0 Å². The van der Waals surface area contributed by atoms with Crippen molar-refractivity contribution in [1.82, 2.24) is 5.16 Å². The third kappa shape index (κ3) is 2.77. The number of hydrogen-bond acceptors (Lipinski definition) is 3. The van der Waals surface area contributed by atoms with Gasteiger partial charge in [-0.3, -0.25) is 0 Å². The summed E-state index contributed by atoms with van der Waals surface area (Å²) in [5, 5.41) is 3.38. The lowest BCUT2D eigenvalue weighted by molar-refractivity contribution is -0.138. The van der Waals surface area contributed by atoms with E-state index in [0.717, 1.165) is 6.07 Å². The zero-order valence-electron chi connectivity index (χ0n) is 8.57. The second kappa shape index (κ2) is 4.48. The molecule has 90 valence electrons. The lowest BCUT2D eigenvalue weighted by Crippen LogP contribution is -2.10. The summed E-state index contributed by atoms with van der Waals surface area (Å²) in [6, 6.07) is 5.26. The van der Waals surface area contributed by atoms with E-state index in [1.54, 1.807) is 0 Å². The van der Waals surface area contributed by atoms with Crippen molar-refractivity contribution in [2.45, 2.75) is 12.8 Å². The van der Waals surface area contributed by atoms with Crippen LogP contribution in [0.3, 0.4) is 0 Å². The van der Waals surface area contributed by atoms with Gasteiger partial charge in [-0.2, -0.15) is 13.2 Å². The summed E-state index contributed by atoms with van der Waals surface area (Å²) >= 11 is 0. The molecule has 0 atom stereocenters. The number of benzene rings is 1. The zero-order valence-corrected chi connectivity index (χ0v) is 8.57. The molecule has 0 saturated carbocycles. The molecular weight excluding hydrogens is 235 g/mol. The van der Waals surface area contributed by atoms with E-state index in [2.05, 4.69) is 9.68 Å². The maximum Gasteiger partial charge on any atom is 0.416 e. The average Bonchev–Trinajstić information content (AvgIpc) is 2.78. The van der Waals surface area contributed by atoms with Crippen molar-refractivity contribution in [2.75, 3.05) is 0 Å². The van der Waals surface area contributed by atoms with Gasteiger partial charge in [-0.15, -0.1) is 0 Å². The molecule has 0 N–H and O–H groups in total. The molecule has 0 radical (unpaired) electrons. The average molecular weight is 243 g/mol. The summed E-state index contributed by atoms with van der Waals surface area (Å²) in [6.45, 7) is -0.184. The first-order valence-electron chi connectivity index (χ1n) is 4.74. The van der Waals surface area contributed by atoms with Gasteiger partial charge in [0.2, 0.25) is 0 Å². The molecule has 6 heteroatoms. The van der Waals surface area contributed by atoms with Crippen LogP contribution in [0.4, 0.5) is 13.2 Å². The van der Waals surface area contributed by atoms with Crippen LogP contribution < -0.4 is 4.74 Å². The second-order valence-electron chi connectivity index (χ2n) is 3.30. The summed E-state index contributed by atoms with van der Waals surface area (Å²) in [4.78, 5) is 0. The van der Waals surface area contributed by atoms with Gasteiger partial charge in [0.25, 0.3) is 0 Å². The first kappa shape index (κ1) is 11.5. The molecule has 1 heterocycles. The molecule has 2 aromatic rings. The highest BCUT2D eigenvalue weighted by molar-refractivity contribution is 5.29. The minimum absolute atomic E-state index is 0.0706. The molecule has 1 aromatic carbocycles. The monoisotopic (exact) mass is 243 g/mol. The Balaban J connectivity index is 2.16. The highest BCUT2D eigenvalue weighted by Gasteiger charge is 2.32. The number of aromatic nitrogens is 1. The number of ether oxygens (including phenoxy) is 1. The fraction of sp³-hybridized carbons (Fsp3) is 0.182. The van der Waals surface area contributed by atoms with Crippen molar-refractivity contribution in [3.05, 3.63) is 47.9 Å². The van der Waals surface area contributed by atoms with Crippen LogP contribution in [0.15, 0.2) is 41.2 Å². The predicted octanol–water partition coefficient (Wildman–Crippen LogP) is 3.27. The van der Waals surface area contributed by atoms with Crippen molar-refractivity contribution in [2.24, 2.45) is 0 Å². The van der Waals surface area contributed by atoms with E-state index in [1.807, 2.05) is 0 Å². The Kier molecular flexibility index (Phi) is 3.03. The van der Waals surface area contributed by atoms with Crippen molar-refractivity contribution in [3.8, 4) is 5.75 Å². The summed E-state index contributed by atoms with van der Waals surface area (Å²) in [5.41, 5.74) is -0.627. The molecule has 0 spiro atoms. The van der Waals surface area contributed by atoms with Crippen LogP contribution in [0, 0.1) is 0 Å². The van der Waals surface area contributed by atoms with E-state index in [4.69, 9.17) is 4.74 Å². The van der Waals surface area contributed by atoms with E-state index in [0.29, 0.717) is 5.75 Å². The van der Waals surface area contributed by atoms with Gasteiger partial charge >= 0.3 is 6.18 Å². The molecule has 1 aromatic heterocycles. The van der Waals surface area contributed by atoms with Gasteiger partial charge in [0.1, 0.15) is 12.8 Å². The van der Waals surface area contributed by atoms with Gasteiger partial charge in [-0.05, 0) is 6.07 Å². The molecule has 3 nitrogen and oxygen atoms in total. The first-order valence-corrected chi connectivity index (χ1v) is 4.74. The van der Waals surface area contributed by atoms with Gasteiger partial charge in [0.05, 0.1) is 5.56 Å². The van der Waals surface area contributed by atoms with Crippen LogP contribution in [-0.4, -0.2) is 5.16 Å². The number of alkyl halides is 3.